The summed E-state index contributed by atoms with van der Waals surface area (Å²) in [5, 5.41) is 4.24. The van der Waals surface area contributed by atoms with Crippen molar-refractivity contribution >= 4 is 39.1 Å². The Hall–Kier alpha value is -2.35. The number of benzene rings is 2. The van der Waals surface area contributed by atoms with Gasteiger partial charge in [0.25, 0.3) is 0 Å². The first-order valence-corrected chi connectivity index (χ1v) is 7.56. The van der Waals surface area contributed by atoms with Crippen LogP contribution in [0, 0.1) is 0 Å². The predicted molar refractivity (Wildman–Crippen MR) is 87.6 cm³/mol. The lowest BCUT2D eigenvalue weighted by molar-refractivity contribution is -0.167. The highest BCUT2D eigenvalue weighted by Gasteiger charge is 2.39. The van der Waals surface area contributed by atoms with Crippen molar-refractivity contribution in [3.05, 3.63) is 58.6 Å². The number of halogens is 4. The predicted octanol–water partition coefficient (Wildman–Crippen LogP) is 4.13. The molecule has 0 spiro atoms. The highest BCUT2D eigenvalue weighted by atomic mass is 79.9. The molecular weight excluding hydrogens is 389 g/mol. The molecule has 0 radical (unpaired) electrons. The molecule has 0 aliphatic carbocycles. The van der Waals surface area contributed by atoms with Crippen molar-refractivity contribution in [2.75, 3.05) is 10.6 Å². The minimum absolute atomic E-state index is 0.0504. The zero-order valence-electron chi connectivity index (χ0n) is 12.2. The van der Waals surface area contributed by atoms with Gasteiger partial charge in [0.05, 0.1) is 17.8 Å². The zero-order valence-corrected chi connectivity index (χ0v) is 13.7. The van der Waals surface area contributed by atoms with Gasteiger partial charge in [-0.05, 0) is 29.8 Å². The average molecular weight is 401 g/mol. The van der Waals surface area contributed by atoms with E-state index >= 15 is 0 Å². The summed E-state index contributed by atoms with van der Waals surface area (Å²) in [7, 11) is 0. The number of anilines is 2. The van der Waals surface area contributed by atoms with Gasteiger partial charge in [-0.3, -0.25) is 9.59 Å². The number of nitrogens with one attached hydrogen (secondary N) is 2. The second-order valence-electron chi connectivity index (χ2n) is 4.85. The van der Waals surface area contributed by atoms with Crippen LogP contribution in [-0.2, 0) is 16.0 Å². The largest absolute Gasteiger partial charge is 0.471 e. The molecule has 2 amide bonds. The Labute approximate surface area is 144 Å². The third kappa shape index (κ3) is 5.09. The quantitative estimate of drug-likeness (QED) is 0.810. The number of para-hydroxylation sites is 2. The Morgan fingerprint density at radius 2 is 1.46 bits per heavy atom. The molecule has 2 aromatic carbocycles. The lowest BCUT2D eigenvalue weighted by Crippen LogP contribution is -2.30. The molecule has 0 saturated heterocycles. The van der Waals surface area contributed by atoms with E-state index in [-0.39, 0.29) is 17.8 Å². The van der Waals surface area contributed by atoms with E-state index in [1.807, 2.05) is 0 Å². The van der Waals surface area contributed by atoms with Crippen molar-refractivity contribution in [1.29, 1.82) is 0 Å². The number of rotatable bonds is 4. The third-order valence-corrected chi connectivity index (χ3v) is 3.51. The highest BCUT2D eigenvalue weighted by molar-refractivity contribution is 9.10. The van der Waals surface area contributed by atoms with E-state index < -0.39 is 18.0 Å². The van der Waals surface area contributed by atoms with Crippen LogP contribution in [0.1, 0.15) is 5.56 Å². The molecule has 0 fully saturated rings. The first-order chi connectivity index (χ1) is 11.3. The lowest BCUT2D eigenvalue weighted by Gasteiger charge is -2.13. The average Bonchev–Trinajstić information content (AvgIpc) is 2.50. The molecule has 0 aromatic heterocycles. The van der Waals surface area contributed by atoms with Crippen LogP contribution in [0.5, 0.6) is 0 Å². The fourth-order valence-corrected chi connectivity index (χ4v) is 2.14. The summed E-state index contributed by atoms with van der Waals surface area (Å²) in [6.45, 7) is 0. The van der Waals surface area contributed by atoms with E-state index in [0.29, 0.717) is 0 Å². The molecule has 8 heteroatoms. The lowest BCUT2D eigenvalue weighted by atomic mass is 10.1. The molecule has 0 unspecified atom stereocenters. The van der Waals surface area contributed by atoms with E-state index in [4.69, 9.17) is 0 Å². The molecule has 0 aliphatic rings. The molecule has 0 aliphatic heterocycles. The van der Waals surface area contributed by atoms with Gasteiger partial charge in [0.2, 0.25) is 5.91 Å². The molecule has 0 heterocycles. The van der Waals surface area contributed by atoms with Crippen LogP contribution in [0.2, 0.25) is 0 Å². The summed E-state index contributed by atoms with van der Waals surface area (Å²) in [6, 6.07) is 12.7. The van der Waals surface area contributed by atoms with Crippen LogP contribution >= 0.6 is 15.9 Å². The van der Waals surface area contributed by atoms with E-state index in [9.17, 15) is 22.8 Å². The standard InChI is InChI=1S/C16H12BrF3N2O2/c17-11-7-5-10(6-8-11)9-14(23)21-12-3-1-2-4-13(12)22-15(24)16(18,19)20/h1-8H,9H2,(H,21,23)(H,22,24). The zero-order chi connectivity index (χ0) is 17.7. The van der Waals surface area contributed by atoms with Crippen LogP contribution in [0.15, 0.2) is 53.0 Å². The second-order valence-corrected chi connectivity index (χ2v) is 5.76. The molecule has 2 aromatic rings. The van der Waals surface area contributed by atoms with Gasteiger partial charge >= 0.3 is 12.1 Å². The number of alkyl halides is 3. The van der Waals surface area contributed by atoms with Crippen LogP contribution in [0.4, 0.5) is 24.5 Å². The van der Waals surface area contributed by atoms with Gasteiger partial charge in [-0.2, -0.15) is 13.2 Å². The van der Waals surface area contributed by atoms with E-state index in [1.165, 1.54) is 18.2 Å². The highest BCUT2D eigenvalue weighted by Crippen LogP contribution is 2.24. The first kappa shape index (κ1) is 18.0. The normalized spacial score (nSPS) is 11.0. The Morgan fingerprint density at radius 3 is 2.00 bits per heavy atom. The third-order valence-electron chi connectivity index (χ3n) is 2.98. The summed E-state index contributed by atoms with van der Waals surface area (Å²) in [6.07, 6.45) is -4.95. The minimum atomic E-state index is -5.01. The van der Waals surface area contributed by atoms with Crippen molar-refractivity contribution in [3.8, 4) is 0 Å². The van der Waals surface area contributed by atoms with Gasteiger partial charge < -0.3 is 10.6 Å². The molecule has 4 nitrogen and oxygen atoms in total. The number of hydrogen-bond acceptors (Lipinski definition) is 2. The molecule has 24 heavy (non-hydrogen) atoms. The Bertz CT molecular complexity index is 746. The maximum Gasteiger partial charge on any atom is 0.471 e. The van der Waals surface area contributed by atoms with Gasteiger partial charge in [-0.1, -0.05) is 40.2 Å². The fourth-order valence-electron chi connectivity index (χ4n) is 1.88. The van der Waals surface area contributed by atoms with Crippen molar-refractivity contribution < 1.29 is 22.8 Å². The van der Waals surface area contributed by atoms with Crippen LogP contribution < -0.4 is 10.6 Å². The summed E-state index contributed by atoms with van der Waals surface area (Å²) < 4.78 is 37.9. The fraction of sp³-hybridized carbons (Fsp3) is 0.125. The van der Waals surface area contributed by atoms with Gasteiger partial charge in [-0.15, -0.1) is 0 Å². The monoisotopic (exact) mass is 400 g/mol. The molecule has 2 N–H and O–H groups in total. The summed E-state index contributed by atoms with van der Waals surface area (Å²) >= 11 is 3.28. The van der Waals surface area contributed by atoms with Gasteiger partial charge in [0.15, 0.2) is 0 Å². The van der Waals surface area contributed by atoms with E-state index in [2.05, 4.69) is 21.2 Å². The van der Waals surface area contributed by atoms with Gasteiger partial charge in [0, 0.05) is 4.47 Å². The minimum Gasteiger partial charge on any atom is -0.324 e. The van der Waals surface area contributed by atoms with Crippen LogP contribution in [0.3, 0.4) is 0 Å². The molecular formula is C16H12BrF3N2O2. The number of hydrogen-bond donors (Lipinski definition) is 2. The summed E-state index contributed by atoms with van der Waals surface area (Å²) in [4.78, 5) is 23.1. The molecule has 0 atom stereocenters. The number of carbonyl (C=O) groups excluding carboxylic acids is 2. The Balaban J connectivity index is 2.08. The topological polar surface area (TPSA) is 58.2 Å². The van der Waals surface area contributed by atoms with E-state index in [0.717, 1.165) is 10.0 Å². The van der Waals surface area contributed by atoms with Crippen molar-refractivity contribution in [3.63, 3.8) is 0 Å². The summed E-state index contributed by atoms with van der Waals surface area (Å²) in [5.74, 6) is -2.51. The number of carbonyl (C=O) groups is 2. The number of amides is 2. The summed E-state index contributed by atoms with van der Waals surface area (Å²) in [5.41, 5.74) is 0.716. The second kappa shape index (κ2) is 7.48. The maximum atomic E-state index is 12.3. The maximum absolute atomic E-state index is 12.3. The molecule has 0 saturated carbocycles. The van der Waals surface area contributed by atoms with Crippen molar-refractivity contribution in [2.45, 2.75) is 12.6 Å². The smallest absolute Gasteiger partial charge is 0.324 e. The van der Waals surface area contributed by atoms with Crippen molar-refractivity contribution in [1.82, 2.24) is 0 Å². The molecule has 2 rings (SSSR count). The van der Waals surface area contributed by atoms with Gasteiger partial charge in [-0.25, -0.2) is 0 Å². The van der Waals surface area contributed by atoms with E-state index in [1.54, 1.807) is 35.6 Å². The molecule has 126 valence electrons. The van der Waals surface area contributed by atoms with Crippen molar-refractivity contribution in [2.24, 2.45) is 0 Å². The Morgan fingerprint density at radius 1 is 0.917 bits per heavy atom. The van der Waals surface area contributed by atoms with Crippen LogP contribution in [0.25, 0.3) is 0 Å². The SMILES string of the molecule is O=C(Cc1ccc(Br)cc1)Nc1ccccc1NC(=O)C(F)(F)F. The van der Waals surface area contributed by atoms with Gasteiger partial charge in [0.1, 0.15) is 0 Å². The first-order valence-electron chi connectivity index (χ1n) is 6.77. The molecule has 0 bridgehead atoms. The van der Waals surface area contributed by atoms with Crippen LogP contribution in [-0.4, -0.2) is 18.0 Å². The Kier molecular flexibility index (Phi) is 5.61.